The van der Waals surface area contributed by atoms with Crippen LogP contribution in [0.25, 0.3) is 0 Å². The summed E-state index contributed by atoms with van der Waals surface area (Å²) in [6.07, 6.45) is 0. The second-order valence-corrected chi connectivity index (χ2v) is 2.53. The molecule has 0 saturated heterocycles. The third kappa shape index (κ3) is 1.52. The highest BCUT2D eigenvalue weighted by molar-refractivity contribution is 9.10. The predicted molar refractivity (Wildman–Crippen MR) is 37.5 cm³/mol. The molecule has 1 aromatic carbocycles. The van der Waals surface area contributed by atoms with Crippen molar-refractivity contribution in [2.75, 3.05) is 0 Å². The van der Waals surface area contributed by atoms with Crippen LogP contribution >= 0.6 is 15.9 Å². The number of halogens is 2. The molecular formula is C7H4BrF. The van der Waals surface area contributed by atoms with E-state index in [1.807, 2.05) is 0 Å². The number of hydrogen-bond donors (Lipinski definition) is 0. The number of hydrogen-bond acceptors (Lipinski definition) is 0. The molecule has 1 rings (SSSR count). The Morgan fingerprint density at radius 2 is 2.11 bits per heavy atom. The smallest absolute Gasteiger partial charge is 0.137 e. The van der Waals surface area contributed by atoms with E-state index in [2.05, 4.69) is 15.9 Å². The Bertz CT molecular complexity index is 220. The molecule has 0 aliphatic heterocycles. The third-order valence-corrected chi connectivity index (χ3v) is 1.55. The van der Waals surface area contributed by atoms with E-state index < -0.39 is 0 Å². The molecule has 0 nitrogen and oxygen atoms in total. The SMILES string of the molecule is [CH]c1ccc(F)c(Br)c1. The van der Waals surface area contributed by atoms with E-state index >= 15 is 0 Å². The first-order valence-corrected chi connectivity index (χ1v) is 3.20. The largest absolute Gasteiger partial charge is 0.206 e. The monoisotopic (exact) mass is 186 g/mol. The zero-order valence-electron chi connectivity index (χ0n) is 4.57. The average Bonchev–Trinajstić information content (AvgIpc) is 1.80. The van der Waals surface area contributed by atoms with Crippen molar-refractivity contribution in [3.05, 3.63) is 41.0 Å². The third-order valence-electron chi connectivity index (χ3n) is 0.944. The lowest BCUT2D eigenvalue weighted by Crippen LogP contribution is -1.76. The second-order valence-electron chi connectivity index (χ2n) is 1.67. The van der Waals surface area contributed by atoms with E-state index in [9.17, 15) is 4.39 Å². The van der Waals surface area contributed by atoms with Crippen LogP contribution in [0.4, 0.5) is 4.39 Å². The molecule has 0 aromatic heterocycles. The first-order chi connectivity index (χ1) is 4.20. The maximum absolute atomic E-state index is 12.4. The Hall–Kier alpha value is -0.370. The highest BCUT2D eigenvalue weighted by atomic mass is 79.9. The number of rotatable bonds is 0. The molecule has 0 heterocycles. The maximum atomic E-state index is 12.4. The molecule has 2 heteroatoms. The standard InChI is InChI=1S/C7H4BrF/c1-5-2-3-7(9)6(8)4-5/h1-4H. The minimum absolute atomic E-state index is 0.288. The average molecular weight is 187 g/mol. The van der Waals surface area contributed by atoms with Crippen molar-refractivity contribution in [2.45, 2.75) is 0 Å². The van der Waals surface area contributed by atoms with Gasteiger partial charge in [-0.25, -0.2) is 4.39 Å². The van der Waals surface area contributed by atoms with Gasteiger partial charge >= 0.3 is 0 Å². The van der Waals surface area contributed by atoms with Crippen molar-refractivity contribution in [2.24, 2.45) is 0 Å². The zero-order chi connectivity index (χ0) is 6.85. The quantitative estimate of drug-likeness (QED) is 0.585. The van der Waals surface area contributed by atoms with Crippen molar-refractivity contribution in [1.29, 1.82) is 0 Å². The van der Waals surface area contributed by atoms with Gasteiger partial charge in [0.2, 0.25) is 0 Å². The van der Waals surface area contributed by atoms with E-state index in [1.165, 1.54) is 18.2 Å². The summed E-state index contributed by atoms with van der Waals surface area (Å²) in [4.78, 5) is 0. The fourth-order valence-corrected chi connectivity index (χ4v) is 0.909. The Kier molecular flexibility index (Phi) is 1.86. The van der Waals surface area contributed by atoms with Crippen LogP contribution in [0.3, 0.4) is 0 Å². The second kappa shape index (κ2) is 2.48. The van der Waals surface area contributed by atoms with Crippen LogP contribution in [0.2, 0.25) is 0 Å². The summed E-state index contributed by atoms with van der Waals surface area (Å²) in [7, 11) is 0. The summed E-state index contributed by atoms with van der Waals surface area (Å²) < 4.78 is 12.8. The van der Waals surface area contributed by atoms with E-state index in [-0.39, 0.29) is 5.82 Å². The summed E-state index contributed by atoms with van der Waals surface area (Å²) in [6.45, 7) is 5.33. The van der Waals surface area contributed by atoms with Gasteiger partial charge in [-0.1, -0.05) is 6.07 Å². The topological polar surface area (TPSA) is 0 Å². The van der Waals surface area contributed by atoms with Gasteiger partial charge < -0.3 is 0 Å². The van der Waals surface area contributed by atoms with Gasteiger partial charge in [-0.05, 0) is 40.5 Å². The first-order valence-electron chi connectivity index (χ1n) is 2.40. The summed E-state index contributed by atoms with van der Waals surface area (Å²) >= 11 is 2.99. The minimum atomic E-state index is -0.288. The molecule has 2 radical (unpaired) electrons. The molecule has 0 bridgehead atoms. The molecule has 0 atom stereocenters. The van der Waals surface area contributed by atoms with Crippen molar-refractivity contribution < 1.29 is 4.39 Å². The highest BCUT2D eigenvalue weighted by Gasteiger charge is 1.95. The highest BCUT2D eigenvalue weighted by Crippen LogP contribution is 2.15. The van der Waals surface area contributed by atoms with E-state index in [4.69, 9.17) is 6.92 Å². The summed E-state index contributed by atoms with van der Waals surface area (Å²) in [5.74, 6) is -0.288. The lowest BCUT2D eigenvalue weighted by molar-refractivity contribution is 0.621. The van der Waals surface area contributed by atoms with Crippen LogP contribution in [0.15, 0.2) is 22.7 Å². The Morgan fingerprint density at radius 1 is 1.44 bits per heavy atom. The Morgan fingerprint density at radius 3 is 2.56 bits per heavy atom. The normalized spacial score (nSPS) is 9.67. The van der Waals surface area contributed by atoms with Gasteiger partial charge in [0, 0.05) is 0 Å². The molecule has 0 unspecified atom stereocenters. The van der Waals surface area contributed by atoms with Crippen molar-refractivity contribution in [3.63, 3.8) is 0 Å². The van der Waals surface area contributed by atoms with E-state index in [1.54, 1.807) is 0 Å². The Labute approximate surface area is 61.8 Å². The van der Waals surface area contributed by atoms with Gasteiger partial charge in [0.25, 0.3) is 0 Å². The molecule has 46 valence electrons. The van der Waals surface area contributed by atoms with Gasteiger partial charge in [0.1, 0.15) is 5.82 Å². The lowest BCUT2D eigenvalue weighted by Gasteiger charge is -1.93. The van der Waals surface area contributed by atoms with E-state index in [0.29, 0.717) is 10.0 Å². The van der Waals surface area contributed by atoms with Crippen LogP contribution in [0, 0.1) is 12.7 Å². The van der Waals surface area contributed by atoms with Gasteiger partial charge in [-0.2, -0.15) is 0 Å². The van der Waals surface area contributed by atoms with Crippen LogP contribution in [-0.4, -0.2) is 0 Å². The van der Waals surface area contributed by atoms with Crippen molar-refractivity contribution >= 4 is 15.9 Å². The zero-order valence-corrected chi connectivity index (χ0v) is 6.15. The summed E-state index contributed by atoms with van der Waals surface area (Å²) in [6, 6.07) is 4.36. The van der Waals surface area contributed by atoms with Crippen LogP contribution < -0.4 is 0 Å². The maximum Gasteiger partial charge on any atom is 0.137 e. The molecule has 0 fully saturated rings. The van der Waals surface area contributed by atoms with Crippen LogP contribution in [0.5, 0.6) is 0 Å². The molecule has 9 heavy (non-hydrogen) atoms. The van der Waals surface area contributed by atoms with Gasteiger partial charge in [0.15, 0.2) is 0 Å². The summed E-state index contributed by atoms with van der Waals surface area (Å²) in [5.41, 5.74) is 0.559. The predicted octanol–water partition coefficient (Wildman–Crippen LogP) is 2.65. The molecule has 1 aromatic rings. The summed E-state index contributed by atoms with van der Waals surface area (Å²) in [5, 5.41) is 0. The molecule has 0 saturated carbocycles. The molecule has 0 aliphatic rings. The fourth-order valence-electron chi connectivity index (χ4n) is 0.512. The Balaban J connectivity index is 3.17. The van der Waals surface area contributed by atoms with Crippen molar-refractivity contribution in [1.82, 2.24) is 0 Å². The molecule has 0 spiro atoms. The molecule has 0 N–H and O–H groups in total. The van der Waals surface area contributed by atoms with Crippen LogP contribution in [-0.2, 0) is 0 Å². The molecular weight excluding hydrogens is 183 g/mol. The van der Waals surface area contributed by atoms with Gasteiger partial charge in [-0.15, -0.1) is 0 Å². The fraction of sp³-hybridized carbons (Fsp3) is 0. The molecule has 0 aliphatic carbocycles. The van der Waals surface area contributed by atoms with Crippen LogP contribution in [0.1, 0.15) is 5.56 Å². The minimum Gasteiger partial charge on any atom is -0.206 e. The van der Waals surface area contributed by atoms with Crippen molar-refractivity contribution in [3.8, 4) is 0 Å². The lowest BCUT2D eigenvalue weighted by atomic mass is 10.2. The van der Waals surface area contributed by atoms with Gasteiger partial charge in [-0.3, -0.25) is 0 Å². The number of benzene rings is 1. The molecule has 0 amide bonds. The first kappa shape index (κ1) is 6.75. The van der Waals surface area contributed by atoms with E-state index in [0.717, 1.165) is 0 Å². The van der Waals surface area contributed by atoms with Gasteiger partial charge in [0.05, 0.1) is 4.47 Å².